The van der Waals surface area contributed by atoms with Gasteiger partial charge in [-0.05, 0) is 152 Å². The summed E-state index contributed by atoms with van der Waals surface area (Å²) in [5.74, 6) is 2.76. The van der Waals surface area contributed by atoms with Crippen LogP contribution in [0.15, 0.2) is 0 Å². The molecule has 6 fully saturated rings. The lowest BCUT2D eigenvalue weighted by molar-refractivity contribution is -0.184. The van der Waals surface area contributed by atoms with E-state index in [9.17, 15) is 9.90 Å². The molecule has 5 nitrogen and oxygen atoms in total. The third-order valence-electron chi connectivity index (χ3n) is 13.2. The molecule has 222 valence electrons. The van der Waals surface area contributed by atoms with Crippen molar-refractivity contribution in [3.63, 3.8) is 0 Å². The van der Waals surface area contributed by atoms with Gasteiger partial charge in [-0.2, -0.15) is 0 Å². The van der Waals surface area contributed by atoms with Crippen LogP contribution in [0.3, 0.4) is 0 Å². The molecular weight excluding hydrogens is 484 g/mol. The van der Waals surface area contributed by atoms with Crippen LogP contribution in [0.4, 0.5) is 0 Å². The van der Waals surface area contributed by atoms with Crippen molar-refractivity contribution >= 4 is 5.97 Å². The van der Waals surface area contributed by atoms with Gasteiger partial charge in [0.25, 0.3) is 0 Å². The van der Waals surface area contributed by atoms with E-state index in [1.54, 1.807) is 0 Å². The predicted molar refractivity (Wildman–Crippen MR) is 156 cm³/mol. The Balaban J connectivity index is 1.24. The first-order valence-corrected chi connectivity index (χ1v) is 16.9. The predicted octanol–water partition coefficient (Wildman–Crippen LogP) is 6.28. The number of fused-ring (bicyclic) bond motifs is 5. The van der Waals surface area contributed by atoms with Crippen LogP contribution in [0.2, 0.25) is 0 Å². The minimum atomic E-state index is -0.451. The molecule has 5 heteroatoms. The normalized spacial score (nSPS) is 47.6. The van der Waals surface area contributed by atoms with E-state index in [0.29, 0.717) is 29.3 Å². The highest BCUT2D eigenvalue weighted by molar-refractivity contribution is 5.75. The van der Waals surface area contributed by atoms with Crippen molar-refractivity contribution in [3.05, 3.63) is 0 Å². The molecule has 4 saturated carbocycles. The quantitative estimate of drug-likeness (QED) is 0.426. The third kappa shape index (κ3) is 4.92. The van der Waals surface area contributed by atoms with E-state index in [1.165, 1.54) is 90.1 Å². The number of ether oxygens (including phenoxy) is 1. The summed E-state index contributed by atoms with van der Waals surface area (Å²) in [6.45, 7) is 15.8. The number of nitrogens with zero attached hydrogens (tertiary/aromatic N) is 2. The molecule has 6 rings (SSSR count). The van der Waals surface area contributed by atoms with Crippen LogP contribution >= 0.6 is 0 Å². The first-order valence-electron chi connectivity index (χ1n) is 16.9. The van der Waals surface area contributed by atoms with Crippen molar-refractivity contribution in [2.24, 2.45) is 39.9 Å². The molecule has 4 aliphatic carbocycles. The van der Waals surface area contributed by atoms with E-state index in [4.69, 9.17) is 4.74 Å². The summed E-state index contributed by atoms with van der Waals surface area (Å²) in [6.07, 6.45) is 16.2. The Bertz CT molecular complexity index is 889. The van der Waals surface area contributed by atoms with Gasteiger partial charge >= 0.3 is 5.97 Å². The van der Waals surface area contributed by atoms with E-state index in [2.05, 4.69) is 23.6 Å². The molecule has 10 atom stereocenters. The summed E-state index contributed by atoms with van der Waals surface area (Å²) in [5, 5.41) is 11.8. The zero-order chi connectivity index (χ0) is 27.6. The maximum atomic E-state index is 13.1. The molecule has 0 aromatic rings. The number of likely N-dealkylation sites (tertiary alicyclic amines) is 2. The number of piperidine rings is 2. The SMILES string of the molecule is CC(C)(C)C(=O)O[C@H]1C[C@@H]2CC[C@@H]3[C@H](CC[C@]4(C)[C@@H](O)[C@@H](N5CCCCC5)C[C@@H]34)[C@@]2(C)C[C@@H]1N1CCCCC1. The van der Waals surface area contributed by atoms with Crippen LogP contribution in [0.5, 0.6) is 0 Å². The van der Waals surface area contributed by atoms with Gasteiger partial charge in [-0.3, -0.25) is 14.6 Å². The Morgan fingerprint density at radius 2 is 1.41 bits per heavy atom. The highest BCUT2D eigenvalue weighted by Gasteiger charge is 2.64. The zero-order valence-corrected chi connectivity index (χ0v) is 25.8. The van der Waals surface area contributed by atoms with Crippen molar-refractivity contribution in [1.29, 1.82) is 0 Å². The maximum Gasteiger partial charge on any atom is 0.311 e. The number of rotatable bonds is 3. The fourth-order valence-corrected chi connectivity index (χ4v) is 10.9. The summed E-state index contributed by atoms with van der Waals surface area (Å²) in [6, 6.07) is 0.735. The van der Waals surface area contributed by atoms with E-state index in [-0.39, 0.29) is 23.6 Å². The van der Waals surface area contributed by atoms with Gasteiger partial charge in [-0.15, -0.1) is 0 Å². The molecule has 0 spiro atoms. The van der Waals surface area contributed by atoms with Crippen LogP contribution in [-0.4, -0.2) is 71.3 Å². The van der Waals surface area contributed by atoms with Crippen LogP contribution in [0, 0.1) is 39.9 Å². The second-order valence-corrected chi connectivity index (χ2v) is 16.3. The van der Waals surface area contributed by atoms with Crippen molar-refractivity contribution in [1.82, 2.24) is 9.80 Å². The Morgan fingerprint density at radius 1 is 0.795 bits per heavy atom. The Kier molecular flexibility index (Phi) is 7.71. The van der Waals surface area contributed by atoms with Crippen LogP contribution in [0.25, 0.3) is 0 Å². The average Bonchev–Trinajstić information content (AvgIpc) is 3.19. The van der Waals surface area contributed by atoms with E-state index < -0.39 is 5.41 Å². The molecule has 39 heavy (non-hydrogen) atoms. The lowest BCUT2D eigenvalue weighted by atomic mass is 9.44. The largest absolute Gasteiger partial charge is 0.460 e. The summed E-state index contributed by atoms with van der Waals surface area (Å²) < 4.78 is 6.41. The Hall–Kier alpha value is -0.650. The number of hydrogen-bond donors (Lipinski definition) is 1. The van der Waals surface area contributed by atoms with Gasteiger partial charge in [-0.1, -0.05) is 26.7 Å². The van der Waals surface area contributed by atoms with Gasteiger partial charge in [0, 0.05) is 12.1 Å². The van der Waals surface area contributed by atoms with E-state index >= 15 is 0 Å². The molecule has 0 aromatic carbocycles. The Morgan fingerprint density at radius 3 is 2.03 bits per heavy atom. The van der Waals surface area contributed by atoms with Crippen molar-refractivity contribution in [2.75, 3.05) is 26.2 Å². The number of hydrogen-bond acceptors (Lipinski definition) is 5. The first-order chi connectivity index (χ1) is 18.5. The second-order valence-electron chi connectivity index (χ2n) is 16.3. The minimum absolute atomic E-state index is 0.0241. The highest BCUT2D eigenvalue weighted by Crippen LogP contribution is 2.67. The molecule has 0 aromatic heterocycles. The fraction of sp³-hybridized carbons (Fsp3) is 0.971. The zero-order valence-electron chi connectivity index (χ0n) is 25.8. The summed E-state index contributed by atoms with van der Waals surface area (Å²) in [7, 11) is 0. The van der Waals surface area contributed by atoms with Crippen molar-refractivity contribution < 1.29 is 14.6 Å². The standard InChI is InChI=1S/C34H58N2O3/c1-32(2,3)31(38)39-29-20-23-12-13-24-25(34(23,5)22-28(29)36-18-10-7-11-19-36)14-15-33(4)26(24)21-27(30(33)37)35-16-8-6-9-17-35/h23-30,37H,6-22H2,1-5H3/t23-,24+,25-,26-,27-,28-,29-,30-,33-,34-/m0/s1. The summed E-state index contributed by atoms with van der Waals surface area (Å²) >= 11 is 0. The molecule has 2 saturated heterocycles. The van der Waals surface area contributed by atoms with Gasteiger partial charge < -0.3 is 9.84 Å². The van der Waals surface area contributed by atoms with Crippen molar-refractivity contribution in [2.45, 2.75) is 142 Å². The topological polar surface area (TPSA) is 53.0 Å². The van der Waals surface area contributed by atoms with E-state index in [1.807, 2.05) is 20.8 Å². The monoisotopic (exact) mass is 542 g/mol. The van der Waals surface area contributed by atoms with Crippen molar-refractivity contribution in [3.8, 4) is 0 Å². The summed E-state index contributed by atoms with van der Waals surface area (Å²) in [5.41, 5.74) is -0.0593. The lowest BCUT2D eigenvalue weighted by Gasteiger charge is -2.62. The van der Waals surface area contributed by atoms with Gasteiger partial charge in [-0.25, -0.2) is 0 Å². The number of esters is 1. The highest BCUT2D eigenvalue weighted by atomic mass is 16.5. The summed E-state index contributed by atoms with van der Waals surface area (Å²) in [4.78, 5) is 18.5. The van der Waals surface area contributed by atoms with Crippen LogP contribution in [-0.2, 0) is 9.53 Å². The first kappa shape index (κ1) is 28.5. The van der Waals surface area contributed by atoms with Crippen LogP contribution in [0.1, 0.15) is 118 Å². The smallest absolute Gasteiger partial charge is 0.311 e. The van der Waals surface area contributed by atoms with Crippen LogP contribution < -0.4 is 0 Å². The average molecular weight is 543 g/mol. The number of aliphatic hydroxyl groups excluding tert-OH is 1. The molecule has 0 bridgehead atoms. The number of carbonyl (C=O) groups excluding carboxylic acids is 1. The molecule has 0 unspecified atom stereocenters. The Labute approximate surface area is 238 Å². The lowest BCUT2D eigenvalue weighted by Crippen LogP contribution is -2.61. The minimum Gasteiger partial charge on any atom is -0.460 e. The van der Waals surface area contributed by atoms with Gasteiger partial charge in [0.15, 0.2) is 0 Å². The molecule has 6 aliphatic rings. The van der Waals surface area contributed by atoms with Gasteiger partial charge in [0.1, 0.15) is 6.10 Å². The molecule has 0 radical (unpaired) electrons. The molecule has 1 N–H and O–H groups in total. The van der Waals surface area contributed by atoms with Gasteiger partial charge in [0.2, 0.25) is 0 Å². The molecule has 2 aliphatic heterocycles. The fourth-order valence-electron chi connectivity index (χ4n) is 10.9. The van der Waals surface area contributed by atoms with Gasteiger partial charge in [0.05, 0.1) is 11.5 Å². The maximum absolute atomic E-state index is 13.1. The third-order valence-corrected chi connectivity index (χ3v) is 13.2. The van der Waals surface area contributed by atoms with E-state index in [0.717, 1.165) is 31.3 Å². The molecular formula is C34H58N2O3. The number of aliphatic hydroxyl groups is 1. The molecule has 2 heterocycles. The molecule has 0 amide bonds. The number of carbonyl (C=O) groups is 1. The second kappa shape index (κ2) is 10.6.